The van der Waals surface area contributed by atoms with Crippen molar-refractivity contribution in [2.45, 2.75) is 104 Å². The van der Waals surface area contributed by atoms with Gasteiger partial charge in [-0.1, -0.05) is 84.0 Å². The van der Waals surface area contributed by atoms with Gasteiger partial charge in [0.1, 0.15) is 5.56 Å². The molecular weight excluding hydrogens is 329 g/mol. The van der Waals surface area contributed by atoms with Crippen LogP contribution in [0, 0.1) is 5.82 Å². The number of ether oxygens (including phenoxy) is 1. The van der Waals surface area contributed by atoms with Gasteiger partial charge in [-0.3, -0.25) is 0 Å². The van der Waals surface area contributed by atoms with Crippen molar-refractivity contribution in [2.24, 2.45) is 0 Å². The zero-order valence-electron chi connectivity index (χ0n) is 16.9. The molecule has 0 saturated heterocycles. The number of aryl methyl sites for hydroxylation is 1. The highest BCUT2D eigenvalue weighted by Gasteiger charge is 2.15. The molecule has 0 bridgehead atoms. The molecule has 0 saturated carbocycles. The summed E-state index contributed by atoms with van der Waals surface area (Å²) in [5.74, 6) is -1.06. The van der Waals surface area contributed by atoms with Crippen molar-refractivity contribution >= 4 is 5.97 Å². The Balaban J connectivity index is 1.98. The summed E-state index contributed by atoms with van der Waals surface area (Å²) < 4.78 is 20.3. The molecule has 150 valence electrons. The average Bonchev–Trinajstić information content (AvgIpc) is 3.00. The van der Waals surface area contributed by atoms with Gasteiger partial charge < -0.3 is 9.30 Å². The van der Waals surface area contributed by atoms with E-state index in [-0.39, 0.29) is 12.2 Å². The van der Waals surface area contributed by atoms with E-state index < -0.39 is 11.8 Å². The number of esters is 1. The monoisotopic (exact) mass is 367 g/mol. The number of hydrogen-bond donors (Lipinski definition) is 0. The van der Waals surface area contributed by atoms with Crippen LogP contribution >= 0.6 is 0 Å². The zero-order valence-corrected chi connectivity index (χ0v) is 16.9. The number of nitrogens with zero attached hydrogens (tertiary/aromatic N) is 1. The van der Waals surface area contributed by atoms with Gasteiger partial charge in [-0.05, 0) is 13.3 Å². The molecule has 1 heterocycles. The number of carbonyl (C=O) groups excluding carboxylic acids is 1. The summed E-state index contributed by atoms with van der Waals surface area (Å²) in [6.45, 7) is 5.01. The lowest BCUT2D eigenvalue weighted by Gasteiger charge is -2.04. The van der Waals surface area contributed by atoms with E-state index in [1.54, 1.807) is 17.7 Å². The van der Waals surface area contributed by atoms with Crippen LogP contribution in [0.5, 0.6) is 0 Å². The minimum absolute atomic E-state index is 0.0431. The molecule has 0 spiro atoms. The summed E-state index contributed by atoms with van der Waals surface area (Å²) in [6, 6.07) is 0. The molecule has 3 nitrogen and oxygen atoms in total. The van der Waals surface area contributed by atoms with Crippen LogP contribution in [0.2, 0.25) is 0 Å². The number of carbonyl (C=O) groups is 1. The molecule has 1 aromatic rings. The van der Waals surface area contributed by atoms with E-state index in [0.717, 1.165) is 19.4 Å². The fourth-order valence-corrected chi connectivity index (χ4v) is 3.28. The molecule has 0 N–H and O–H groups in total. The minimum Gasteiger partial charge on any atom is -0.462 e. The molecule has 0 amide bonds. The minimum atomic E-state index is -0.575. The van der Waals surface area contributed by atoms with Crippen LogP contribution in [0.1, 0.15) is 108 Å². The summed E-state index contributed by atoms with van der Waals surface area (Å²) in [6.07, 6.45) is 20.1. The van der Waals surface area contributed by atoms with Gasteiger partial charge in [-0.15, -0.1) is 0 Å². The molecule has 0 aliphatic carbocycles. The fraction of sp³-hybridized carbons (Fsp3) is 0.773. The van der Waals surface area contributed by atoms with Gasteiger partial charge in [0.15, 0.2) is 5.82 Å². The number of hydrogen-bond acceptors (Lipinski definition) is 2. The van der Waals surface area contributed by atoms with E-state index in [1.165, 1.54) is 76.8 Å². The zero-order chi connectivity index (χ0) is 19.0. The van der Waals surface area contributed by atoms with Crippen molar-refractivity contribution in [3.63, 3.8) is 0 Å². The second-order valence-corrected chi connectivity index (χ2v) is 7.22. The normalized spacial score (nSPS) is 11.0. The van der Waals surface area contributed by atoms with Gasteiger partial charge in [-0.25, -0.2) is 9.18 Å². The predicted octanol–water partition coefficient (Wildman–Crippen LogP) is 6.90. The van der Waals surface area contributed by atoms with Gasteiger partial charge >= 0.3 is 5.97 Å². The molecule has 0 aliphatic heterocycles. The van der Waals surface area contributed by atoms with Crippen molar-refractivity contribution in [3.05, 3.63) is 23.8 Å². The van der Waals surface area contributed by atoms with E-state index in [1.807, 2.05) is 0 Å². The van der Waals surface area contributed by atoms with Gasteiger partial charge in [0.2, 0.25) is 0 Å². The smallest absolute Gasteiger partial charge is 0.342 e. The first kappa shape index (κ1) is 22.7. The lowest BCUT2D eigenvalue weighted by atomic mass is 10.0. The van der Waals surface area contributed by atoms with Gasteiger partial charge in [0.05, 0.1) is 6.61 Å². The van der Waals surface area contributed by atoms with Crippen LogP contribution in [0.25, 0.3) is 0 Å². The standard InChI is InChI=1S/C22H38FNO2/c1-3-5-6-7-8-9-10-11-12-13-14-15-16-17-24-18-20(21(23)19-24)22(25)26-4-2/h18-19H,3-17H2,1-2H3. The highest BCUT2D eigenvalue weighted by atomic mass is 19.1. The molecule has 0 aliphatic rings. The molecular formula is C22H38FNO2. The maximum atomic E-state index is 13.7. The largest absolute Gasteiger partial charge is 0.462 e. The van der Waals surface area contributed by atoms with Crippen LogP contribution in [0.4, 0.5) is 4.39 Å². The highest BCUT2D eigenvalue weighted by Crippen LogP contribution is 2.14. The van der Waals surface area contributed by atoms with Crippen LogP contribution in [0.3, 0.4) is 0 Å². The first-order valence-corrected chi connectivity index (χ1v) is 10.7. The molecule has 1 rings (SSSR count). The SMILES string of the molecule is CCCCCCCCCCCCCCCn1cc(F)c(C(=O)OCC)c1. The Kier molecular flexibility index (Phi) is 12.9. The van der Waals surface area contributed by atoms with Crippen LogP contribution in [-0.2, 0) is 11.3 Å². The fourth-order valence-electron chi connectivity index (χ4n) is 3.28. The Labute approximate surface area is 159 Å². The first-order valence-electron chi connectivity index (χ1n) is 10.7. The number of halogens is 1. The second kappa shape index (κ2) is 14.8. The van der Waals surface area contributed by atoms with Crippen LogP contribution in [-0.4, -0.2) is 17.1 Å². The van der Waals surface area contributed by atoms with E-state index in [0.29, 0.717) is 0 Å². The van der Waals surface area contributed by atoms with E-state index in [2.05, 4.69) is 6.92 Å². The third-order valence-electron chi connectivity index (χ3n) is 4.85. The van der Waals surface area contributed by atoms with Gasteiger partial charge in [0, 0.05) is 18.9 Å². The van der Waals surface area contributed by atoms with Crippen LogP contribution in [0.15, 0.2) is 12.4 Å². The molecule has 26 heavy (non-hydrogen) atoms. The average molecular weight is 368 g/mol. The third-order valence-corrected chi connectivity index (χ3v) is 4.85. The molecule has 0 unspecified atom stereocenters. The van der Waals surface area contributed by atoms with E-state index in [4.69, 9.17) is 4.74 Å². The third kappa shape index (κ3) is 9.98. The molecule has 0 aromatic carbocycles. The Morgan fingerprint density at radius 1 is 0.846 bits per heavy atom. The summed E-state index contributed by atoms with van der Waals surface area (Å²) in [5, 5.41) is 0. The highest BCUT2D eigenvalue weighted by molar-refractivity contribution is 5.89. The van der Waals surface area contributed by atoms with E-state index in [9.17, 15) is 9.18 Å². The molecule has 4 heteroatoms. The lowest BCUT2D eigenvalue weighted by Crippen LogP contribution is -2.05. The van der Waals surface area contributed by atoms with Crippen molar-refractivity contribution in [1.29, 1.82) is 0 Å². The number of rotatable bonds is 16. The van der Waals surface area contributed by atoms with Crippen LogP contribution < -0.4 is 0 Å². The van der Waals surface area contributed by atoms with Crippen molar-refractivity contribution < 1.29 is 13.9 Å². The Morgan fingerprint density at radius 2 is 1.35 bits per heavy atom. The van der Waals surface area contributed by atoms with Crippen molar-refractivity contribution in [3.8, 4) is 0 Å². The predicted molar refractivity (Wildman–Crippen MR) is 106 cm³/mol. The van der Waals surface area contributed by atoms with E-state index >= 15 is 0 Å². The van der Waals surface area contributed by atoms with Gasteiger partial charge in [0.25, 0.3) is 0 Å². The Morgan fingerprint density at radius 3 is 1.85 bits per heavy atom. The maximum absolute atomic E-state index is 13.7. The summed E-state index contributed by atoms with van der Waals surface area (Å²) in [5.41, 5.74) is 0.0431. The Hall–Kier alpha value is -1.32. The van der Waals surface area contributed by atoms with Gasteiger partial charge in [-0.2, -0.15) is 0 Å². The summed E-state index contributed by atoms with van der Waals surface area (Å²) >= 11 is 0. The van der Waals surface area contributed by atoms with Crippen molar-refractivity contribution in [1.82, 2.24) is 4.57 Å². The number of unbranched alkanes of at least 4 members (excludes halogenated alkanes) is 12. The number of aromatic nitrogens is 1. The first-order chi connectivity index (χ1) is 12.7. The quantitative estimate of drug-likeness (QED) is 0.235. The summed E-state index contributed by atoms with van der Waals surface area (Å²) in [7, 11) is 0. The Bertz CT molecular complexity index is 484. The topological polar surface area (TPSA) is 31.2 Å². The molecule has 0 fully saturated rings. The lowest BCUT2D eigenvalue weighted by molar-refractivity contribution is 0.0521. The molecule has 0 atom stereocenters. The maximum Gasteiger partial charge on any atom is 0.342 e. The second-order valence-electron chi connectivity index (χ2n) is 7.22. The molecule has 0 radical (unpaired) electrons. The molecule has 1 aromatic heterocycles. The summed E-state index contributed by atoms with van der Waals surface area (Å²) in [4.78, 5) is 11.6. The van der Waals surface area contributed by atoms with Crippen molar-refractivity contribution in [2.75, 3.05) is 6.61 Å².